The quantitative estimate of drug-likeness (QED) is 0.301. The third-order valence-electron chi connectivity index (χ3n) is 0.175. The number of hydrogen-bond acceptors (Lipinski definition) is 2. The molecule has 5 heavy (non-hydrogen) atoms. The van der Waals surface area contributed by atoms with Crippen LogP contribution in [-0.4, -0.2) is 11.4 Å². The van der Waals surface area contributed by atoms with Crippen molar-refractivity contribution in [2.24, 2.45) is 0 Å². The lowest BCUT2D eigenvalue weighted by Crippen LogP contribution is -2.03. The molecular formula is C2H5NS2. The molecule has 0 aliphatic rings. The Morgan fingerprint density at radius 1 is 2.00 bits per heavy atom. The highest BCUT2D eigenvalue weighted by Gasteiger charge is 1.56. The van der Waals surface area contributed by atoms with Gasteiger partial charge < -0.3 is 5.32 Å². The molecule has 0 aliphatic carbocycles. The summed E-state index contributed by atoms with van der Waals surface area (Å²) in [6, 6.07) is 0. The Hall–Kier alpha value is 0.240. The van der Waals surface area contributed by atoms with E-state index in [0.29, 0.717) is 5.88 Å². The van der Waals surface area contributed by atoms with E-state index in [1.54, 1.807) is 0 Å². The van der Waals surface area contributed by atoms with E-state index in [1.165, 1.54) is 5.49 Å². The van der Waals surface area contributed by atoms with Crippen molar-refractivity contribution >= 4 is 30.3 Å². The number of nitrogens with one attached hydrogen (secondary N) is 1. The first-order valence-corrected chi connectivity index (χ1v) is 2.30. The molecule has 0 spiro atoms. The minimum Gasteiger partial charge on any atom is -0.373 e. The normalized spacial score (nSPS) is 6.60. The van der Waals surface area contributed by atoms with E-state index in [1.807, 2.05) is 0 Å². The predicted octanol–water partition coefficient (Wildman–Crippen LogP) is 0.420. The lowest BCUT2D eigenvalue weighted by Gasteiger charge is -1.80. The average molecular weight is 107 g/mol. The Morgan fingerprint density at radius 3 is 2.60 bits per heavy atom. The van der Waals surface area contributed by atoms with Crippen LogP contribution in [0.2, 0.25) is 0 Å². The SMILES string of the molecule is S=CNCS. The van der Waals surface area contributed by atoms with Gasteiger partial charge in [0.1, 0.15) is 0 Å². The van der Waals surface area contributed by atoms with Gasteiger partial charge >= 0.3 is 0 Å². The summed E-state index contributed by atoms with van der Waals surface area (Å²) >= 11 is 8.16. The van der Waals surface area contributed by atoms with Crippen molar-refractivity contribution in [3.63, 3.8) is 0 Å². The third-order valence-corrected chi connectivity index (χ3v) is 0.524. The largest absolute Gasteiger partial charge is 0.373 e. The molecule has 0 saturated heterocycles. The standard InChI is InChI=1S/C2H5NS2/c4-1-3-2-5/h1,5H,2H2,(H,3,4). The van der Waals surface area contributed by atoms with E-state index in [2.05, 4.69) is 30.2 Å². The zero-order valence-corrected chi connectivity index (χ0v) is 4.35. The fourth-order valence-corrected chi connectivity index (χ4v) is 0.335. The first-order chi connectivity index (χ1) is 2.41. The Balaban J connectivity index is 2.40. The van der Waals surface area contributed by atoms with Crippen molar-refractivity contribution in [1.82, 2.24) is 5.32 Å². The van der Waals surface area contributed by atoms with E-state index in [-0.39, 0.29) is 0 Å². The molecule has 3 heteroatoms. The van der Waals surface area contributed by atoms with Crippen LogP contribution >= 0.6 is 24.8 Å². The van der Waals surface area contributed by atoms with Crippen LogP contribution in [-0.2, 0) is 0 Å². The second-order valence-electron chi connectivity index (χ2n) is 0.480. The van der Waals surface area contributed by atoms with Crippen LogP contribution in [0.4, 0.5) is 0 Å². The van der Waals surface area contributed by atoms with Gasteiger partial charge in [0.2, 0.25) is 0 Å². The number of thiocarbonyl (C=S) groups is 1. The summed E-state index contributed by atoms with van der Waals surface area (Å²) in [5.74, 6) is 0.628. The Bertz CT molecular complexity index is 28.8. The molecule has 0 saturated carbocycles. The van der Waals surface area contributed by atoms with E-state index in [4.69, 9.17) is 0 Å². The summed E-state index contributed by atoms with van der Waals surface area (Å²) in [4.78, 5) is 0. The second-order valence-corrected chi connectivity index (χ2v) is 1.03. The molecule has 0 heterocycles. The first kappa shape index (κ1) is 5.24. The summed E-state index contributed by atoms with van der Waals surface area (Å²) in [6.07, 6.45) is 0. The molecule has 0 bridgehead atoms. The number of rotatable bonds is 2. The van der Waals surface area contributed by atoms with Gasteiger partial charge in [-0.05, 0) is 0 Å². The summed E-state index contributed by atoms with van der Waals surface area (Å²) in [7, 11) is 0. The van der Waals surface area contributed by atoms with Crippen LogP contribution in [0, 0.1) is 0 Å². The average Bonchev–Trinajstić information content (AvgIpc) is 1.41. The van der Waals surface area contributed by atoms with Crippen molar-refractivity contribution in [2.45, 2.75) is 0 Å². The Kier molecular flexibility index (Phi) is 4.44. The van der Waals surface area contributed by atoms with Crippen molar-refractivity contribution in [2.75, 3.05) is 5.88 Å². The molecule has 0 amide bonds. The monoisotopic (exact) mass is 107 g/mol. The van der Waals surface area contributed by atoms with Gasteiger partial charge in [-0.15, -0.1) is 0 Å². The molecule has 1 N–H and O–H groups in total. The zero-order valence-electron chi connectivity index (χ0n) is 2.64. The van der Waals surface area contributed by atoms with E-state index >= 15 is 0 Å². The van der Waals surface area contributed by atoms with Gasteiger partial charge in [0.15, 0.2) is 0 Å². The lowest BCUT2D eigenvalue weighted by molar-refractivity contribution is 1.19. The van der Waals surface area contributed by atoms with Crippen molar-refractivity contribution in [3.05, 3.63) is 0 Å². The molecule has 0 atom stereocenters. The van der Waals surface area contributed by atoms with Crippen LogP contribution in [0.25, 0.3) is 0 Å². The first-order valence-electron chi connectivity index (χ1n) is 1.19. The fraction of sp³-hybridized carbons (Fsp3) is 0.500. The molecule has 0 rings (SSSR count). The molecule has 0 aromatic heterocycles. The van der Waals surface area contributed by atoms with Crippen LogP contribution in [0.15, 0.2) is 0 Å². The predicted molar refractivity (Wildman–Crippen MR) is 30.6 cm³/mol. The van der Waals surface area contributed by atoms with Gasteiger partial charge in [0.05, 0.1) is 11.4 Å². The highest BCUT2D eigenvalue weighted by Crippen LogP contribution is 1.56. The van der Waals surface area contributed by atoms with Gasteiger partial charge in [0.25, 0.3) is 0 Å². The van der Waals surface area contributed by atoms with Gasteiger partial charge in [-0.1, -0.05) is 12.2 Å². The van der Waals surface area contributed by atoms with Gasteiger partial charge in [-0.2, -0.15) is 12.6 Å². The maximum absolute atomic E-state index is 4.37. The minimum atomic E-state index is 0.628. The van der Waals surface area contributed by atoms with E-state index in [0.717, 1.165) is 0 Å². The van der Waals surface area contributed by atoms with Gasteiger partial charge in [-0.3, -0.25) is 0 Å². The molecule has 0 radical (unpaired) electrons. The second kappa shape index (κ2) is 4.24. The van der Waals surface area contributed by atoms with Crippen molar-refractivity contribution in [3.8, 4) is 0 Å². The Morgan fingerprint density at radius 2 is 2.60 bits per heavy atom. The Labute approximate surface area is 42.2 Å². The third kappa shape index (κ3) is 4.24. The van der Waals surface area contributed by atoms with Crippen LogP contribution in [0.5, 0.6) is 0 Å². The summed E-state index contributed by atoms with van der Waals surface area (Å²) in [5.41, 5.74) is 1.44. The molecule has 30 valence electrons. The van der Waals surface area contributed by atoms with E-state index in [9.17, 15) is 0 Å². The smallest absolute Gasteiger partial charge is 0.0621 e. The minimum absolute atomic E-state index is 0.628. The zero-order chi connectivity index (χ0) is 4.12. The highest BCUT2D eigenvalue weighted by molar-refractivity contribution is 7.80. The van der Waals surface area contributed by atoms with Gasteiger partial charge in [-0.25, -0.2) is 0 Å². The van der Waals surface area contributed by atoms with Crippen LogP contribution in [0.3, 0.4) is 0 Å². The maximum atomic E-state index is 4.37. The molecule has 1 nitrogen and oxygen atoms in total. The summed E-state index contributed by atoms with van der Waals surface area (Å²) in [5, 5.41) is 2.67. The lowest BCUT2D eigenvalue weighted by atomic mass is 11.3. The summed E-state index contributed by atoms with van der Waals surface area (Å²) < 4.78 is 0. The van der Waals surface area contributed by atoms with Crippen LogP contribution < -0.4 is 5.32 Å². The summed E-state index contributed by atoms with van der Waals surface area (Å²) in [6.45, 7) is 0. The highest BCUT2D eigenvalue weighted by atomic mass is 32.1. The molecule has 0 aromatic carbocycles. The van der Waals surface area contributed by atoms with Crippen molar-refractivity contribution in [1.29, 1.82) is 0 Å². The van der Waals surface area contributed by atoms with Crippen LogP contribution in [0.1, 0.15) is 0 Å². The fourth-order valence-electron chi connectivity index (χ4n) is 0.0373. The maximum Gasteiger partial charge on any atom is 0.0621 e. The number of hydrogen-bond donors (Lipinski definition) is 2. The number of thiol groups is 1. The van der Waals surface area contributed by atoms with Gasteiger partial charge in [0, 0.05) is 0 Å². The topological polar surface area (TPSA) is 12.0 Å². The molecule has 0 fully saturated rings. The molecule has 0 unspecified atom stereocenters. The molecule has 0 aliphatic heterocycles. The van der Waals surface area contributed by atoms with E-state index < -0.39 is 0 Å². The van der Waals surface area contributed by atoms with Crippen molar-refractivity contribution < 1.29 is 0 Å². The molecule has 0 aromatic rings. The molecular weight excluding hydrogens is 102 g/mol.